The summed E-state index contributed by atoms with van der Waals surface area (Å²) in [6.07, 6.45) is 0. The molecule has 0 atom stereocenters. The quantitative estimate of drug-likeness (QED) is 0.588. The molecule has 0 saturated carbocycles. The van der Waals surface area contributed by atoms with Crippen molar-refractivity contribution in [2.24, 2.45) is 0 Å². The molecule has 0 aliphatic carbocycles. The van der Waals surface area contributed by atoms with Gasteiger partial charge >= 0.3 is 0 Å². The topological polar surface area (TPSA) is 73.8 Å². The zero-order valence-electron chi connectivity index (χ0n) is 7.40. The molecule has 0 bridgehead atoms. The van der Waals surface area contributed by atoms with Crippen LogP contribution in [0.1, 0.15) is 31.3 Å². The van der Waals surface area contributed by atoms with Crippen molar-refractivity contribution in [2.45, 2.75) is 26.7 Å². The van der Waals surface area contributed by atoms with Crippen LogP contribution in [-0.4, -0.2) is 14.9 Å². The second-order valence-electron chi connectivity index (χ2n) is 2.96. The lowest BCUT2D eigenvalue weighted by atomic mass is 10.1. The van der Waals surface area contributed by atoms with E-state index in [-0.39, 0.29) is 11.5 Å². The second kappa shape index (κ2) is 2.92. The Balaban J connectivity index is 3.37. The van der Waals surface area contributed by atoms with Gasteiger partial charge in [0, 0.05) is 5.92 Å². The molecule has 0 unspecified atom stereocenters. The number of nitrogens with two attached hydrogens (primary N) is 1. The van der Waals surface area contributed by atoms with Gasteiger partial charge in [-0.15, -0.1) is 10.2 Å². The molecule has 0 radical (unpaired) electrons. The summed E-state index contributed by atoms with van der Waals surface area (Å²) in [7, 11) is 0. The van der Waals surface area contributed by atoms with E-state index in [0.29, 0.717) is 11.5 Å². The maximum absolute atomic E-state index is 11.4. The highest BCUT2D eigenvalue weighted by Gasteiger charge is 2.09. The summed E-state index contributed by atoms with van der Waals surface area (Å²) < 4.78 is 1.02. The lowest BCUT2D eigenvalue weighted by Crippen LogP contribution is -2.34. The molecular formula is C7H12N4O. The Labute approximate surface area is 70.2 Å². The first-order chi connectivity index (χ1) is 5.54. The van der Waals surface area contributed by atoms with E-state index in [0.717, 1.165) is 4.68 Å². The van der Waals surface area contributed by atoms with Gasteiger partial charge in [-0.1, -0.05) is 13.8 Å². The summed E-state index contributed by atoms with van der Waals surface area (Å²) in [6, 6.07) is 0. The molecule has 0 saturated heterocycles. The van der Waals surface area contributed by atoms with Crippen LogP contribution in [0.3, 0.4) is 0 Å². The fourth-order valence-corrected chi connectivity index (χ4v) is 0.850. The van der Waals surface area contributed by atoms with E-state index in [1.165, 1.54) is 0 Å². The Bertz CT molecular complexity index is 342. The van der Waals surface area contributed by atoms with Gasteiger partial charge in [0.25, 0.3) is 5.56 Å². The average Bonchev–Trinajstić information content (AvgIpc) is 2.00. The largest absolute Gasteiger partial charge is 0.335 e. The monoisotopic (exact) mass is 168 g/mol. The van der Waals surface area contributed by atoms with Crippen LogP contribution < -0.4 is 11.4 Å². The first-order valence-electron chi connectivity index (χ1n) is 3.75. The van der Waals surface area contributed by atoms with Crippen LogP contribution in [0.2, 0.25) is 0 Å². The van der Waals surface area contributed by atoms with E-state index in [2.05, 4.69) is 10.2 Å². The second-order valence-corrected chi connectivity index (χ2v) is 2.96. The molecule has 2 N–H and O–H groups in total. The molecule has 0 amide bonds. The van der Waals surface area contributed by atoms with Crippen molar-refractivity contribution >= 4 is 0 Å². The Kier molecular flexibility index (Phi) is 2.12. The van der Waals surface area contributed by atoms with Crippen molar-refractivity contribution in [2.75, 3.05) is 5.84 Å². The number of hydrogen-bond donors (Lipinski definition) is 1. The van der Waals surface area contributed by atoms with Crippen molar-refractivity contribution in [1.29, 1.82) is 0 Å². The van der Waals surface area contributed by atoms with Gasteiger partial charge in [0.1, 0.15) is 5.69 Å². The van der Waals surface area contributed by atoms with Gasteiger partial charge in [-0.2, -0.15) is 0 Å². The normalized spacial score (nSPS) is 10.7. The van der Waals surface area contributed by atoms with Crippen LogP contribution in [0.25, 0.3) is 0 Å². The zero-order valence-corrected chi connectivity index (χ0v) is 7.40. The maximum Gasteiger partial charge on any atom is 0.294 e. The highest BCUT2D eigenvalue weighted by molar-refractivity contribution is 5.02. The first-order valence-corrected chi connectivity index (χ1v) is 3.75. The molecule has 12 heavy (non-hydrogen) atoms. The van der Waals surface area contributed by atoms with Crippen molar-refractivity contribution < 1.29 is 0 Å². The fourth-order valence-electron chi connectivity index (χ4n) is 0.850. The van der Waals surface area contributed by atoms with Gasteiger partial charge in [-0.3, -0.25) is 4.79 Å². The Morgan fingerprint density at radius 2 is 2.00 bits per heavy atom. The minimum Gasteiger partial charge on any atom is -0.335 e. The molecule has 66 valence electrons. The summed E-state index contributed by atoms with van der Waals surface area (Å²) >= 11 is 0. The molecule has 1 rings (SSSR count). The van der Waals surface area contributed by atoms with Crippen LogP contribution in [-0.2, 0) is 0 Å². The standard InChI is InChI=1S/C7H12N4O/c1-4(2)6-7(12)11(8)5(3)9-10-6/h4H,8H2,1-3H3. The van der Waals surface area contributed by atoms with Crippen molar-refractivity contribution in [3.63, 3.8) is 0 Å². The third kappa shape index (κ3) is 1.30. The van der Waals surface area contributed by atoms with Gasteiger partial charge in [0.15, 0.2) is 5.82 Å². The molecule has 0 aromatic carbocycles. The number of aryl methyl sites for hydroxylation is 1. The molecule has 0 spiro atoms. The molecule has 1 heterocycles. The summed E-state index contributed by atoms with van der Waals surface area (Å²) in [6.45, 7) is 5.39. The van der Waals surface area contributed by atoms with E-state index in [1.807, 2.05) is 13.8 Å². The van der Waals surface area contributed by atoms with Gasteiger partial charge in [-0.05, 0) is 6.92 Å². The molecule has 1 aromatic rings. The van der Waals surface area contributed by atoms with Gasteiger partial charge in [0.05, 0.1) is 0 Å². The SMILES string of the molecule is Cc1nnc(C(C)C)c(=O)n1N. The molecule has 0 fully saturated rings. The van der Waals surface area contributed by atoms with Crippen LogP contribution in [0.4, 0.5) is 0 Å². The van der Waals surface area contributed by atoms with E-state index < -0.39 is 0 Å². The third-order valence-electron chi connectivity index (χ3n) is 1.64. The maximum atomic E-state index is 11.4. The number of nitrogen functional groups attached to an aromatic ring is 1. The Hall–Kier alpha value is -1.39. The Morgan fingerprint density at radius 3 is 2.50 bits per heavy atom. The van der Waals surface area contributed by atoms with Crippen LogP contribution in [0, 0.1) is 6.92 Å². The third-order valence-corrected chi connectivity index (χ3v) is 1.64. The summed E-state index contributed by atoms with van der Waals surface area (Å²) in [5.41, 5.74) is 0.139. The Morgan fingerprint density at radius 1 is 1.42 bits per heavy atom. The van der Waals surface area contributed by atoms with Crippen LogP contribution in [0.15, 0.2) is 4.79 Å². The van der Waals surface area contributed by atoms with E-state index in [4.69, 9.17) is 5.84 Å². The highest BCUT2D eigenvalue weighted by Crippen LogP contribution is 2.03. The minimum atomic E-state index is -0.266. The first kappa shape index (κ1) is 8.70. The number of nitrogens with zero attached hydrogens (tertiary/aromatic N) is 3. The average molecular weight is 168 g/mol. The van der Waals surface area contributed by atoms with Crippen molar-refractivity contribution in [1.82, 2.24) is 14.9 Å². The molecule has 1 aromatic heterocycles. The van der Waals surface area contributed by atoms with Crippen molar-refractivity contribution in [3.05, 3.63) is 21.9 Å². The predicted octanol–water partition coefficient (Wildman–Crippen LogP) is -0.216. The van der Waals surface area contributed by atoms with Gasteiger partial charge in [0.2, 0.25) is 0 Å². The summed E-state index contributed by atoms with van der Waals surface area (Å²) in [5, 5.41) is 7.52. The predicted molar refractivity (Wildman–Crippen MR) is 45.3 cm³/mol. The smallest absolute Gasteiger partial charge is 0.294 e. The molecule has 5 nitrogen and oxygen atoms in total. The number of hydrogen-bond acceptors (Lipinski definition) is 4. The van der Waals surface area contributed by atoms with Gasteiger partial charge in [-0.25, -0.2) is 4.68 Å². The van der Waals surface area contributed by atoms with E-state index in [9.17, 15) is 4.79 Å². The van der Waals surface area contributed by atoms with Crippen molar-refractivity contribution in [3.8, 4) is 0 Å². The summed E-state index contributed by atoms with van der Waals surface area (Å²) in [5.74, 6) is 5.90. The molecule has 0 aliphatic heterocycles. The van der Waals surface area contributed by atoms with Gasteiger partial charge < -0.3 is 5.84 Å². The molecule has 0 aliphatic rings. The van der Waals surface area contributed by atoms with Crippen LogP contribution >= 0.6 is 0 Å². The highest BCUT2D eigenvalue weighted by atomic mass is 16.1. The lowest BCUT2D eigenvalue weighted by molar-refractivity contribution is 0.683. The van der Waals surface area contributed by atoms with E-state index in [1.54, 1.807) is 6.92 Å². The molecular weight excluding hydrogens is 156 g/mol. The lowest BCUT2D eigenvalue weighted by Gasteiger charge is -2.05. The number of rotatable bonds is 1. The summed E-state index contributed by atoms with van der Waals surface area (Å²) in [4.78, 5) is 11.4. The minimum absolute atomic E-state index is 0.0559. The zero-order chi connectivity index (χ0) is 9.30. The number of aromatic nitrogens is 3. The van der Waals surface area contributed by atoms with Crippen LogP contribution in [0.5, 0.6) is 0 Å². The molecule has 5 heteroatoms. The fraction of sp³-hybridized carbons (Fsp3) is 0.571. The van der Waals surface area contributed by atoms with E-state index >= 15 is 0 Å².